The molecule has 0 saturated carbocycles. The first-order valence-corrected chi connectivity index (χ1v) is 5.67. The van der Waals surface area contributed by atoms with Crippen LogP contribution in [0.15, 0.2) is 24.3 Å². The van der Waals surface area contributed by atoms with Crippen LogP contribution in [0.1, 0.15) is 22.3 Å². The van der Waals surface area contributed by atoms with Gasteiger partial charge in [-0.15, -0.1) is 11.6 Å². The van der Waals surface area contributed by atoms with E-state index in [-0.39, 0.29) is 5.78 Å². The summed E-state index contributed by atoms with van der Waals surface area (Å²) >= 11 is 8.82. The highest BCUT2D eigenvalue weighted by Crippen LogP contribution is 2.09. The third kappa shape index (κ3) is 3.12. The van der Waals surface area contributed by atoms with Crippen molar-refractivity contribution in [1.29, 1.82) is 0 Å². The van der Waals surface area contributed by atoms with Gasteiger partial charge in [0.1, 0.15) is 0 Å². The van der Waals surface area contributed by atoms with Crippen LogP contribution < -0.4 is 0 Å². The predicted molar refractivity (Wildman–Crippen MR) is 58.7 cm³/mol. The second-order valence-corrected chi connectivity index (χ2v) is 3.63. The fraction of sp³-hybridized carbons (Fsp3) is 0.300. The highest BCUT2D eigenvalue weighted by Gasteiger charge is 2.03. The van der Waals surface area contributed by atoms with Crippen molar-refractivity contribution in [3.8, 4) is 0 Å². The Kier molecular flexibility index (Phi) is 4.46. The minimum absolute atomic E-state index is 0.108. The predicted octanol–water partition coefficient (Wildman–Crippen LogP) is 3.39. The fourth-order valence-electron chi connectivity index (χ4n) is 1.01. The topological polar surface area (TPSA) is 17.1 Å². The Hall–Kier alpha value is -0.340. The lowest BCUT2D eigenvalue weighted by Gasteiger charge is -1.99. The summed E-state index contributed by atoms with van der Waals surface area (Å²) in [6.45, 7) is 0. The normalized spacial score (nSPS) is 10.0. The maximum Gasteiger partial charge on any atom is 0.164 e. The van der Waals surface area contributed by atoms with Gasteiger partial charge in [-0.2, -0.15) is 0 Å². The van der Waals surface area contributed by atoms with Crippen molar-refractivity contribution in [2.75, 3.05) is 5.88 Å². The summed E-state index contributed by atoms with van der Waals surface area (Å²) < 4.78 is 0. The lowest BCUT2D eigenvalue weighted by Crippen LogP contribution is -1.99. The molecule has 0 aliphatic carbocycles. The molecule has 0 fully saturated rings. The number of halogens is 2. The standard InChI is InChI=1S/C10H10BrClO/c11-7-8-1-3-9(4-2-8)10(13)5-6-12/h1-4H,5-7H2. The molecule has 0 atom stereocenters. The third-order valence-electron chi connectivity index (χ3n) is 1.75. The molecule has 0 aromatic heterocycles. The quantitative estimate of drug-likeness (QED) is 0.600. The molecule has 0 radical (unpaired) electrons. The van der Waals surface area contributed by atoms with Gasteiger partial charge in [0.2, 0.25) is 0 Å². The summed E-state index contributed by atoms with van der Waals surface area (Å²) in [6, 6.07) is 7.56. The van der Waals surface area contributed by atoms with Crippen LogP contribution in [0, 0.1) is 0 Å². The summed E-state index contributed by atoms with van der Waals surface area (Å²) in [5.41, 5.74) is 1.91. The SMILES string of the molecule is O=C(CCCl)c1ccc(CBr)cc1. The fourth-order valence-corrected chi connectivity index (χ4v) is 1.56. The van der Waals surface area contributed by atoms with E-state index in [1.807, 2.05) is 24.3 Å². The van der Waals surface area contributed by atoms with Crippen LogP contribution in [0.4, 0.5) is 0 Å². The van der Waals surface area contributed by atoms with E-state index in [0.717, 1.165) is 10.9 Å². The maximum atomic E-state index is 11.3. The number of Topliss-reactive ketones (excluding diaryl/α,β-unsaturated/α-hetero) is 1. The minimum atomic E-state index is 0.108. The first-order chi connectivity index (χ1) is 6.27. The Bertz CT molecular complexity index is 281. The van der Waals surface area contributed by atoms with Crippen molar-refractivity contribution in [1.82, 2.24) is 0 Å². The van der Waals surface area contributed by atoms with Crippen LogP contribution in [0.25, 0.3) is 0 Å². The zero-order valence-corrected chi connectivity index (χ0v) is 9.44. The van der Waals surface area contributed by atoms with Crippen molar-refractivity contribution >= 4 is 33.3 Å². The van der Waals surface area contributed by atoms with Crippen LogP contribution in [-0.2, 0) is 5.33 Å². The number of rotatable bonds is 4. The first kappa shape index (κ1) is 10.7. The van der Waals surface area contributed by atoms with Gasteiger partial charge in [-0.25, -0.2) is 0 Å². The Labute approximate surface area is 91.2 Å². The second kappa shape index (κ2) is 5.40. The van der Waals surface area contributed by atoms with E-state index in [1.54, 1.807) is 0 Å². The average Bonchev–Trinajstić information content (AvgIpc) is 2.18. The molecule has 70 valence electrons. The van der Waals surface area contributed by atoms with Gasteiger partial charge < -0.3 is 0 Å². The second-order valence-electron chi connectivity index (χ2n) is 2.69. The van der Waals surface area contributed by atoms with Crippen molar-refractivity contribution in [3.63, 3.8) is 0 Å². The molecule has 0 unspecified atom stereocenters. The number of benzene rings is 1. The lowest BCUT2D eigenvalue weighted by atomic mass is 10.1. The number of hydrogen-bond donors (Lipinski definition) is 0. The van der Waals surface area contributed by atoms with Gasteiger partial charge >= 0.3 is 0 Å². The molecule has 1 rings (SSSR count). The summed E-state index contributed by atoms with van der Waals surface area (Å²) in [6.07, 6.45) is 0.412. The number of carbonyl (C=O) groups excluding carboxylic acids is 1. The summed E-state index contributed by atoms with van der Waals surface area (Å²) in [7, 11) is 0. The molecule has 0 amide bonds. The van der Waals surface area contributed by atoms with Crippen LogP contribution in [0.5, 0.6) is 0 Å². The molecule has 1 aromatic rings. The van der Waals surface area contributed by atoms with E-state index in [1.165, 1.54) is 5.56 Å². The molecule has 0 aliphatic heterocycles. The molecule has 0 saturated heterocycles. The smallest absolute Gasteiger partial charge is 0.164 e. The molecule has 1 aromatic carbocycles. The van der Waals surface area contributed by atoms with Crippen molar-refractivity contribution in [3.05, 3.63) is 35.4 Å². The number of ketones is 1. The van der Waals surface area contributed by atoms with Gasteiger partial charge in [0.05, 0.1) is 0 Å². The van der Waals surface area contributed by atoms with E-state index in [4.69, 9.17) is 11.6 Å². The largest absolute Gasteiger partial charge is 0.294 e. The van der Waals surface area contributed by atoms with Crippen molar-refractivity contribution in [2.24, 2.45) is 0 Å². The average molecular weight is 262 g/mol. The van der Waals surface area contributed by atoms with Crippen LogP contribution in [0.2, 0.25) is 0 Å². The Morgan fingerprint density at radius 3 is 2.38 bits per heavy atom. The number of hydrogen-bond acceptors (Lipinski definition) is 1. The van der Waals surface area contributed by atoms with Gasteiger partial charge in [-0.3, -0.25) is 4.79 Å². The molecule has 0 aliphatic rings. The molecule has 3 heteroatoms. The van der Waals surface area contributed by atoms with Crippen molar-refractivity contribution in [2.45, 2.75) is 11.8 Å². The van der Waals surface area contributed by atoms with Gasteiger partial charge in [0.25, 0.3) is 0 Å². The molecule has 0 heterocycles. The number of carbonyl (C=O) groups is 1. The Morgan fingerprint density at radius 1 is 1.31 bits per heavy atom. The maximum absolute atomic E-state index is 11.3. The monoisotopic (exact) mass is 260 g/mol. The van der Waals surface area contributed by atoms with Gasteiger partial charge in [-0.05, 0) is 5.56 Å². The van der Waals surface area contributed by atoms with Gasteiger partial charge in [0.15, 0.2) is 5.78 Å². The lowest BCUT2D eigenvalue weighted by molar-refractivity contribution is 0.0989. The highest BCUT2D eigenvalue weighted by molar-refractivity contribution is 9.08. The zero-order chi connectivity index (χ0) is 9.68. The van der Waals surface area contributed by atoms with E-state index < -0.39 is 0 Å². The molecule has 1 nitrogen and oxygen atoms in total. The van der Waals surface area contributed by atoms with Crippen LogP contribution in [0.3, 0.4) is 0 Å². The van der Waals surface area contributed by atoms with Gasteiger partial charge in [-0.1, -0.05) is 40.2 Å². The third-order valence-corrected chi connectivity index (χ3v) is 2.59. The Balaban J connectivity index is 2.74. The number of alkyl halides is 2. The highest BCUT2D eigenvalue weighted by atomic mass is 79.9. The van der Waals surface area contributed by atoms with Crippen LogP contribution >= 0.6 is 27.5 Å². The molecule has 0 N–H and O–H groups in total. The molecular weight excluding hydrogens is 251 g/mol. The summed E-state index contributed by atoms with van der Waals surface area (Å²) in [4.78, 5) is 11.3. The molecule has 0 bridgehead atoms. The van der Waals surface area contributed by atoms with Crippen LogP contribution in [-0.4, -0.2) is 11.7 Å². The van der Waals surface area contributed by atoms with E-state index in [0.29, 0.717) is 12.3 Å². The summed E-state index contributed by atoms with van der Waals surface area (Å²) in [5.74, 6) is 0.495. The zero-order valence-electron chi connectivity index (χ0n) is 7.09. The summed E-state index contributed by atoms with van der Waals surface area (Å²) in [5, 5.41) is 0.816. The van der Waals surface area contributed by atoms with E-state index >= 15 is 0 Å². The molecule has 13 heavy (non-hydrogen) atoms. The Morgan fingerprint density at radius 2 is 1.92 bits per heavy atom. The van der Waals surface area contributed by atoms with E-state index in [9.17, 15) is 4.79 Å². The van der Waals surface area contributed by atoms with Gasteiger partial charge in [0, 0.05) is 23.2 Å². The minimum Gasteiger partial charge on any atom is -0.294 e. The van der Waals surface area contributed by atoms with Crippen molar-refractivity contribution < 1.29 is 4.79 Å². The molecular formula is C10H10BrClO. The molecule has 0 spiro atoms. The first-order valence-electron chi connectivity index (χ1n) is 4.02. The van der Waals surface area contributed by atoms with E-state index in [2.05, 4.69) is 15.9 Å².